The second kappa shape index (κ2) is 6.96. The Morgan fingerprint density at radius 2 is 1.61 bits per heavy atom. The first kappa shape index (κ1) is 19.3. The first-order valence-electron chi connectivity index (χ1n) is 9.46. The van der Waals surface area contributed by atoms with E-state index >= 15 is 0 Å². The van der Waals surface area contributed by atoms with Gasteiger partial charge in [0.05, 0.1) is 32.6 Å². The quantitative estimate of drug-likeness (QED) is 0.491. The van der Waals surface area contributed by atoms with Crippen LogP contribution in [-0.4, -0.2) is 43.5 Å². The minimum atomic E-state index is -3.34. The molecular formula is C21H16N4O5S. The number of hydrogen-bond donors (Lipinski definition) is 1. The fourth-order valence-electron chi connectivity index (χ4n) is 3.82. The van der Waals surface area contributed by atoms with Crippen molar-refractivity contribution < 1.29 is 23.1 Å². The second-order valence-corrected chi connectivity index (χ2v) is 9.41. The molecule has 3 heterocycles. The number of anilines is 1. The van der Waals surface area contributed by atoms with E-state index in [0.717, 1.165) is 4.90 Å². The number of fused-ring (bicyclic) bond motifs is 2. The lowest BCUT2D eigenvalue weighted by molar-refractivity contribution is -0.116. The van der Waals surface area contributed by atoms with Crippen LogP contribution in [0.5, 0.6) is 0 Å². The molecule has 0 aliphatic carbocycles. The molecule has 3 aromatic rings. The Balaban J connectivity index is 1.44. The molecule has 1 unspecified atom stereocenters. The van der Waals surface area contributed by atoms with Crippen molar-refractivity contribution in [3.63, 3.8) is 0 Å². The van der Waals surface area contributed by atoms with Gasteiger partial charge in [-0.3, -0.25) is 19.3 Å². The smallest absolute Gasteiger partial charge is 0.262 e. The number of aromatic nitrogens is 2. The maximum absolute atomic E-state index is 12.8. The van der Waals surface area contributed by atoms with Crippen LogP contribution in [-0.2, 0) is 30.7 Å². The molecule has 1 atom stereocenters. The number of carbonyl (C=O) groups is 3. The normalized spacial score (nSPS) is 19.5. The number of sulfone groups is 1. The molecule has 0 fully saturated rings. The van der Waals surface area contributed by atoms with E-state index in [1.165, 1.54) is 16.8 Å². The summed E-state index contributed by atoms with van der Waals surface area (Å²) in [4.78, 5) is 38.7. The summed E-state index contributed by atoms with van der Waals surface area (Å²) in [5.74, 6) is -1.93. The van der Waals surface area contributed by atoms with Crippen LogP contribution >= 0.6 is 0 Å². The Morgan fingerprint density at radius 3 is 2.26 bits per heavy atom. The van der Waals surface area contributed by atoms with Crippen molar-refractivity contribution in [2.75, 3.05) is 11.9 Å². The second-order valence-electron chi connectivity index (χ2n) is 7.34. The number of hydrogen-bond acceptors (Lipinski definition) is 6. The summed E-state index contributed by atoms with van der Waals surface area (Å²) < 4.78 is 25.6. The molecule has 9 nitrogen and oxygen atoms in total. The molecule has 1 aromatic heterocycles. The van der Waals surface area contributed by atoms with Gasteiger partial charge in [-0.15, -0.1) is 4.21 Å². The third kappa shape index (κ3) is 3.25. The van der Waals surface area contributed by atoms with E-state index in [9.17, 15) is 23.1 Å². The van der Waals surface area contributed by atoms with Crippen LogP contribution in [0.1, 0.15) is 32.0 Å². The van der Waals surface area contributed by atoms with Crippen molar-refractivity contribution in [1.82, 2.24) is 14.7 Å². The molecule has 10 heteroatoms. The van der Waals surface area contributed by atoms with Crippen LogP contribution in [0.3, 0.4) is 0 Å². The lowest BCUT2D eigenvalue weighted by Gasteiger charge is -2.15. The van der Waals surface area contributed by atoms with Crippen LogP contribution in [0, 0.1) is 0 Å². The van der Waals surface area contributed by atoms with Crippen molar-refractivity contribution in [1.29, 1.82) is 0 Å². The number of amides is 3. The zero-order valence-corrected chi connectivity index (χ0v) is 16.9. The van der Waals surface area contributed by atoms with Gasteiger partial charge in [0.15, 0.2) is 5.75 Å². The van der Waals surface area contributed by atoms with Crippen molar-refractivity contribution in [3.8, 4) is 5.69 Å². The number of para-hydroxylation sites is 1. The Bertz CT molecular complexity index is 1270. The lowest BCUT2D eigenvalue weighted by Crippen LogP contribution is -2.37. The minimum Gasteiger partial charge on any atom is -0.614 e. The predicted molar refractivity (Wildman–Crippen MR) is 110 cm³/mol. The van der Waals surface area contributed by atoms with Gasteiger partial charge in [-0.2, -0.15) is 5.10 Å². The van der Waals surface area contributed by atoms with E-state index in [0.29, 0.717) is 16.9 Å². The number of benzene rings is 2. The molecule has 156 valence electrons. The van der Waals surface area contributed by atoms with Gasteiger partial charge < -0.3 is 9.87 Å². The molecule has 2 aliphatic rings. The molecular weight excluding hydrogens is 420 g/mol. The van der Waals surface area contributed by atoms with Crippen LogP contribution in [0.4, 0.5) is 5.82 Å². The highest BCUT2D eigenvalue weighted by Gasteiger charge is 2.39. The SMILES string of the molecule is O=C(CN1C(=O)c2ccccc2C1=O)Nc1c2c(nn1-c1ccccc1)C[S+](=O)([O-])C2. The highest BCUT2D eigenvalue weighted by molar-refractivity contribution is 7.96. The third-order valence-corrected chi connectivity index (χ3v) is 6.67. The summed E-state index contributed by atoms with van der Waals surface area (Å²) in [6, 6.07) is 15.3. The topological polar surface area (TPSA) is 124 Å². The third-order valence-electron chi connectivity index (χ3n) is 5.23. The van der Waals surface area contributed by atoms with Crippen molar-refractivity contribution in [3.05, 3.63) is 77.0 Å². The monoisotopic (exact) mass is 436 g/mol. The summed E-state index contributed by atoms with van der Waals surface area (Å²) in [6.45, 7) is -0.492. The summed E-state index contributed by atoms with van der Waals surface area (Å²) in [5.41, 5.74) is 1.94. The maximum atomic E-state index is 12.8. The summed E-state index contributed by atoms with van der Waals surface area (Å²) in [7, 11) is -3.34. The zero-order valence-electron chi connectivity index (χ0n) is 16.1. The van der Waals surface area contributed by atoms with Crippen LogP contribution in [0.25, 0.3) is 5.69 Å². The van der Waals surface area contributed by atoms with E-state index < -0.39 is 34.5 Å². The number of imide groups is 1. The molecule has 0 saturated carbocycles. The maximum Gasteiger partial charge on any atom is 0.262 e. The predicted octanol–water partition coefficient (Wildman–Crippen LogP) is 1.75. The fraction of sp³-hybridized carbons (Fsp3) is 0.143. The van der Waals surface area contributed by atoms with Crippen molar-refractivity contribution in [2.45, 2.75) is 11.5 Å². The van der Waals surface area contributed by atoms with Gasteiger partial charge in [-0.05, 0) is 24.3 Å². The van der Waals surface area contributed by atoms with Gasteiger partial charge in [-0.1, -0.05) is 30.3 Å². The molecule has 0 saturated heterocycles. The fourth-order valence-corrected chi connectivity index (χ4v) is 5.32. The molecule has 0 radical (unpaired) electrons. The van der Waals surface area contributed by atoms with Crippen molar-refractivity contribution in [2.24, 2.45) is 0 Å². The molecule has 0 spiro atoms. The zero-order chi connectivity index (χ0) is 21.8. The minimum absolute atomic E-state index is 0.205. The Hall–Kier alpha value is -3.63. The average Bonchev–Trinajstić information content (AvgIpc) is 3.31. The summed E-state index contributed by atoms with van der Waals surface area (Å²) in [6.07, 6.45) is 0. The van der Waals surface area contributed by atoms with E-state index in [1.807, 2.05) is 6.07 Å². The molecule has 1 N–H and O–H groups in total. The summed E-state index contributed by atoms with van der Waals surface area (Å²) in [5, 5.41) is 7.05. The van der Waals surface area contributed by atoms with E-state index in [-0.39, 0.29) is 28.5 Å². The molecule has 0 bridgehead atoms. The van der Waals surface area contributed by atoms with Gasteiger partial charge >= 0.3 is 0 Å². The standard InChI is InChI=1S/C21H16N4O5S/c26-18(10-24-20(27)14-8-4-5-9-15(14)21(24)28)22-19-16-11-31(29,30)12-17(16)23-25(19)13-6-2-1-3-7-13/h1-9H,10-12H2,(H-,22,23,26,29,30). The van der Waals surface area contributed by atoms with E-state index in [4.69, 9.17) is 0 Å². The average molecular weight is 436 g/mol. The number of carbonyl (C=O) groups excluding carboxylic acids is 3. The molecule has 2 aliphatic heterocycles. The summed E-state index contributed by atoms with van der Waals surface area (Å²) >= 11 is 0. The van der Waals surface area contributed by atoms with Crippen LogP contribution in [0.15, 0.2) is 54.6 Å². The van der Waals surface area contributed by atoms with E-state index in [1.54, 1.807) is 36.4 Å². The highest BCUT2D eigenvalue weighted by Crippen LogP contribution is 2.35. The Labute approximate surface area is 177 Å². The number of nitrogens with zero attached hydrogens (tertiary/aromatic N) is 3. The van der Waals surface area contributed by atoms with Gasteiger partial charge in [0.2, 0.25) is 5.91 Å². The lowest BCUT2D eigenvalue weighted by atomic mass is 10.1. The Kier molecular flexibility index (Phi) is 4.34. The highest BCUT2D eigenvalue weighted by atomic mass is 32.3. The van der Waals surface area contributed by atoms with Gasteiger partial charge in [0.25, 0.3) is 11.8 Å². The number of rotatable bonds is 4. The first-order chi connectivity index (χ1) is 14.8. The molecule has 2 aromatic carbocycles. The van der Waals surface area contributed by atoms with Crippen LogP contribution in [0.2, 0.25) is 0 Å². The first-order valence-corrected chi connectivity index (χ1v) is 11.3. The van der Waals surface area contributed by atoms with Crippen LogP contribution < -0.4 is 5.32 Å². The van der Waals surface area contributed by atoms with Gasteiger partial charge in [0, 0.05) is 0 Å². The molecule has 3 amide bonds. The Morgan fingerprint density at radius 1 is 1.00 bits per heavy atom. The van der Waals surface area contributed by atoms with Crippen molar-refractivity contribution >= 4 is 33.8 Å². The van der Waals surface area contributed by atoms with E-state index in [2.05, 4.69) is 10.4 Å². The van der Waals surface area contributed by atoms with Gasteiger partial charge in [0.1, 0.15) is 23.8 Å². The molecule has 31 heavy (non-hydrogen) atoms. The largest absolute Gasteiger partial charge is 0.614 e. The number of nitrogens with one attached hydrogen (secondary N) is 1. The van der Waals surface area contributed by atoms with Gasteiger partial charge in [-0.25, -0.2) is 4.68 Å². The molecule has 5 rings (SSSR count).